The summed E-state index contributed by atoms with van der Waals surface area (Å²) in [4.78, 5) is 15.1. The second kappa shape index (κ2) is 5.95. The SMILES string of the molecule is NC(=O)CC(N)c1cnccc1-c1ccc(Br)cc1. The fourth-order valence-corrected chi connectivity index (χ4v) is 2.19. The zero-order valence-corrected chi connectivity index (χ0v) is 11.8. The average Bonchev–Trinajstić information content (AvgIpc) is 2.39. The molecule has 2 aromatic rings. The van der Waals surface area contributed by atoms with Gasteiger partial charge in [0, 0.05) is 29.3 Å². The Bertz CT molecular complexity index is 583. The van der Waals surface area contributed by atoms with E-state index >= 15 is 0 Å². The number of amides is 1. The fourth-order valence-electron chi connectivity index (χ4n) is 1.92. The second-order valence-corrected chi connectivity index (χ2v) is 5.16. The van der Waals surface area contributed by atoms with Crippen molar-refractivity contribution in [2.45, 2.75) is 12.5 Å². The van der Waals surface area contributed by atoms with Gasteiger partial charge in [-0.2, -0.15) is 0 Å². The highest BCUT2D eigenvalue weighted by Crippen LogP contribution is 2.28. The molecule has 1 aromatic heterocycles. The molecule has 0 saturated carbocycles. The molecule has 0 fully saturated rings. The van der Waals surface area contributed by atoms with E-state index < -0.39 is 11.9 Å². The Labute approximate surface area is 120 Å². The van der Waals surface area contributed by atoms with Gasteiger partial charge < -0.3 is 11.5 Å². The number of pyridine rings is 1. The first kappa shape index (κ1) is 13.7. The summed E-state index contributed by atoms with van der Waals surface area (Å²) in [6.45, 7) is 0. The number of nitrogens with zero attached hydrogens (tertiary/aromatic N) is 1. The lowest BCUT2D eigenvalue weighted by molar-refractivity contribution is -0.118. The number of carbonyl (C=O) groups is 1. The van der Waals surface area contributed by atoms with Crippen LogP contribution in [-0.4, -0.2) is 10.9 Å². The van der Waals surface area contributed by atoms with E-state index in [9.17, 15) is 4.79 Å². The van der Waals surface area contributed by atoms with Gasteiger partial charge in [-0.15, -0.1) is 0 Å². The van der Waals surface area contributed by atoms with E-state index in [0.717, 1.165) is 21.2 Å². The summed E-state index contributed by atoms with van der Waals surface area (Å²) in [6.07, 6.45) is 3.50. The first-order valence-corrected chi connectivity index (χ1v) is 6.61. The molecule has 1 heterocycles. The maximum absolute atomic E-state index is 11.0. The number of carbonyl (C=O) groups excluding carboxylic acids is 1. The predicted molar refractivity (Wildman–Crippen MR) is 78.1 cm³/mol. The number of nitrogens with two attached hydrogens (primary N) is 2. The highest BCUT2D eigenvalue weighted by Gasteiger charge is 2.14. The van der Waals surface area contributed by atoms with Crippen molar-refractivity contribution in [2.75, 3.05) is 0 Å². The maximum atomic E-state index is 11.0. The van der Waals surface area contributed by atoms with Gasteiger partial charge in [0.05, 0.1) is 0 Å². The largest absolute Gasteiger partial charge is 0.370 e. The van der Waals surface area contributed by atoms with Crippen LogP contribution in [-0.2, 0) is 4.79 Å². The molecule has 0 saturated heterocycles. The first-order valence-electron chi connectivity index (χ1n) is 5.81. The lowest BCUT2D eigenvalue weighted by atomic mass is 9.96. The van der Waals surface area contributed by atoms with Crippen LogP contribution >= 0.6 is 15.9 Å². The van der Waals surface area contributed by atoms with Gasteiger partial charge >= 0.3 is 0 Å². The Morgan fingerprint density at radius 2 is 1.95 bits per heavy atom. The first-order chi connectivity index (χ1) is 9.08. The second-order valence-electron chi connectivity index (χ2n) is 4.25. The quantitative estimate of drug-likeness (QED) is 0.907. The molecule has 19 heavy (non-hydrogen) atoms. The number of halogens is 1. The minimum atomic E-state index is -0.440. The van der Waals surface area contributed by atoms with E-state index in [0.29, 0.717) is 0 Å². The monoisotopic (exact) mass is 319 g/mol. The van der Waals surface area contributed by atoms with E-state index in [1.807, 2.05) is 30.3 Å². The van der Waals surface area contributed by atoms with E-state index in [1.165, 1.54) is 0 Å². The van der Waals surface area contributed by atoms with Crippen molar-refractivity contribution in [1.29, 1.82) is 0 Å². The summed E-state index contributed by atoms with van der Waals surface area (Å²) in [5, 5.41) is 0. The summed E-state index contributed by atoms with van der Waals surface area (Å²) in [5.41, 5.74) is 14.0. The van der Waals surface area contributed by atoms with Crippen molar-refractivity contribution in [3.05, 3.63) is 52.8 Å². The number of hydrogen-bond acceptors (Lipinski definition) is 3. The third-order valence-corrected chi connectivity index (χ3v) is 3.36. The molecule has 2 rings (SSSR count). The Hall–Kier alpha value is -1.72. The Morgan fingerprint density at radius 1 is 1.26 bits per heavy atom. The number of aromatic nitrogens is 1. The summed E-state index contributed by atoms with van der Waals surface area (Å²) >= 11 is 3.40. The number of primary amides is 1. The Balaban J connectivity index is 2.40. The summed E-state index contributed by atoms with van der Waals surface area (Å²) < 4.78 is 1.01. The van der Waals surface area contributed by atoms with Gasteiger partial charge in [-0.05, 0) is 34.9 Å². The smallest absolute Gasteiger partial charge is 0.219 e. The van der Waals surface area contributed by atoms with Crippen LogP contribution in [0.1, 0.15) is 18.0 Å². The molecule has 0 radical (unpaired) electrons. The molecule has 1 aromatic carbocycles. The van der Waals surface area contributed by atoms with E-state index in [2.05, 4.69) is 20.9 Å². The molecule has 1 unspecified atom stereocenters. The van der Waals surface area contributed by atoms with Crippen LogP contribution in [0.25, 0.3) is 11.1 Å². The van der Waals surface area contributed by atoms with Crippen molar-refractivity contribution in [2.24, 2.45) is 11.5 Å². The minimum Gasteiger partial charge on any atom is -0.370 e. The molecule has 1 amide bonds. The van der Waals surface area contributed by atoms with Crippen molar-refractivity contribution >= 4 is 21.8 Å². The van der Waals surface area contributed by atoms with Gasteiger partial charge in [0.25, 0.3) is 0 Å². The van der Waals surface area contributed by atoms with Gasteiger partial charge in [-0.1, -0.05) is 28.1 Å². The number of rotatable bonds is 4. The normalized spacial score (nSPS) is 12.1. The van der Waals surface area contributed by atoms with Gasteiger partial charge in [0.2, 0.25) is 5.91 Å². The van der Waals surface area contributed by atoms with E-state index in [-0.39, 0.29) is 6.42 Å². The van der Waals surface area contributed by atoms with Crippen LogP contribution in [0.5, 0.6) is 0 Å². The molecule has 0 bridgehead atoms. The molecule has 4 N–H and O–H groups in total. The van der Waals surface area contributed by atoms with Crippen LogP contribution in [0, 0.1) is 0 Å². The van der Waals surface area contributed by atoms with Crippen molar-refractivity contribution in [1.82, 2.24) is 4.98 Å². The third-order valence-electron chi connectivity index (χ3n) is 2.83. The molecule has 98 valence electrons. The third kappa shape index (κ3) is 3.39. The molecule has 0 aliphatic rings. The van der Waals surface area contributed by atoms with Crippen LogP contribution in [0.2, 0.25) is 0 Å². The van der Waals surface area contributed by atoms with Crippen molar-refractivity contribution in [3.8, 4) is 11.1 Å². The average molecular weight is 320 g/mol. The van der Waals surface area contributed by atoms with Gasteiger partial charge in [-0.25, -0.2) is 0 Å². The molecular formula is C14H14BrN3O. The Kier molecular flexibility index (Phi) is 4.29. The predicted octanol–water partition coefficient (Wildman–Crippen LogP) is 2.39. The minimum absolute atomic E-state index is 0.106. The molecule has 0 spiro atoms. The number of benzene rings is 1. The fraction of sp³-hybridized carbons (Fsp3) is 0.143. The molecule has 0 aliphatic carbocycles. The van der Waals surface area contributed by atoms with E-state index in [1.54, 1.807) is 12.4 Å². The zero-order chi connectivity index (χ0) is 13.8. The van der Waals surface area contributed by atoms with Crippen LogP contribution in [0.15, 0.2) is 47.2 Å². The number of hydrogen-bond donors (Lipinski definition) is 2. The highest BCUT2D eigenvalue weighted by molar-refractivity contribution is 9.10. The maximum Gasteiger partial charge on any atom is 0.219 e. The van der Waals surface area contributed by atoms with Crippen molar-refractivity contribution < 1.29 is 4.79 Å². The molecular weight excluding hydrogens is 306 g/mol. The van der Waals surface area contributed by atoms with Crippen LogP contribution in [0.3, 0.4) is 0 Å². The topological polar surface area (TPSA) is 82.0 Å². The summed E-state index contributed by atoms with van der Waals surface area (Å²) in [6, 6.07) is 9.34. The molecule has 4 nitrogen and oxygen atoms in total. The van der Waals surface area contributed by atoms with E-state index in [4.69, 9.17) is 11.5 Å². The zero-order valence-electron chi connectivity index (χ0n) is 10.2. The highest BCUT2D eigenvalue weighted by atomic mass is 79.9. The van der Waals surface area contributed by atoms with Gasteiger partial charge in [0.1, 0.15) is 0 Å². The molecule has 0 aliphatic heterocycles. The van der Waals surface area contributed by atoms with Crippen LogP contribution < -0.4 is 11.5 Å². The standard InChI is InChI=1S/C14H14BrN3O/c15-10-3-1-9(2-4-10)11-5-6-18-8-12(11)13(16)7-14(17)19/h1-6,8,13H,7,16H2,(H2,17,19). The van der Waals surface area contributed by atoms with Gasteiger partial charge in [0.15, 0.2) is 0 Å². The lowest BCUT2D eigenvalue weighted by Crippen LogP contribution is -2.21. The van der Waals surface area contributed by atoms with Gasteiger partial charge in [-0.3, -0.25) is 9.78 Å². The summed E-state index contributed by atoms with van der Waals surface area (Å²) in [7, 11) is 0. The lowest BCUT2D eigenvalue weighted by Gasteiger charge is -2.14. The summed E-state index contributed by atoms with van der Waals surface area (Å²) in [5.74, 6) is -0.418. The van der Waals surface area contributed by atoms with Crippen LogP contribution in [0.4, 0.5) is 0 Å². The Morgan fingerprint density at radius 3 is 2.58 bits per heavy atom. The van der Waals surface area contributed by atoms with Crippen molar-refractivity contribution in [3.63, 3.8) is 0 Å². The molecule has 5 heteroatoms. The molecule has 1 atom stereocenters.